The Hall–Kier alpha value is -2.30. The van der Waals surface area contributed by atoms with Crippen LogP contribution in [0.5, 0.6) is 5.75 Å². The number of halogens is 1. The van der Waals surface area contributed by atoms with Gasteiger partial charge in [0.2, 0.25) is 0 Å². The fourth-order valence-corrected chi connectivity index (χ4v) is 4.32. The first-order valence-corrected chi connectivity index (χ1v) is 12.0. The molecule has 0 bridgehead atoms. The maximum Gasteiger partial charge on any atom is 0.197 e. The van der Waals surface area contributed by atoms with E-state index in [4.69, 9.17) is 20.8 Å². The van der Waals surface area contributed by atoms with E-state index in [2.05, 4.69) is 25.7 Å². The summed E-state index contributed by atoms with van der Waals surface area (Å²) in [7, 11) is 0. The maximum absolute atomic E-state index is 13.6. The van der Waals surface area contributed by atoms with Gasteiger partial charge >= 0.3 is 0 Å². The zero-order valence-electron chi connectivity index (χ0n) is 19.9. The normalized spacial score (nSPS) is 11.5. The number of aryl methyl sites for hydroxylation is 3. The van der Waals surface area contributed by atoms with Gasteiger partial charge in [-0.05, 0) is 68.8 Å². The van der Waals surface area contributed by atoms with Crippen molar-refractivity contribution < 1.29 is 13.9 Å². The number of hydrogen-bond acceptors (Lipinski definition) is 4. The van der Waals surface area contributed by atoms with Crippen LogP contribution in [-0.2, 0) is 6.42 Å². The molecule has 3 aromatic rings. The SMILES string of the molecule is CCCCc1oc2cc(Cl)ccc2c1C(=O)c1cc(C)c(OCCN(CC)CC)c(C)c1. The van der Waals surface area contributed by atoms with Crippen molar-refractivity contribution in [2.75, 3.05) is 26.2 Å². The Bertz CT molecular complexity index is 1060. The molecule has 1 aromatic heterocycles. The topological polar surface area (TPSA) is 42.7 Å². The zero-order valence-corrected chi connectivity index (χ0v) is 20.6. The van der Waals surface area contributed by atoms with E-state index >= 15 is 0 Å². The van der Waals surface area contributed by atoms with Gasteiger partial charge in [0, 0.05) is 35.0 Å². The van der Waals surface area contributed by atoms with Crippen LogP contribution in [0, 0.1) is 13.8 Å². The summed E-state index contributed by atoms with van der Waals surface area (Å²) in [6.07, 6.45) is 2.72. The molecule has 1 heterocycles. The van der Waals surface area contributed by atoms with Crippen LogP contribution in [0.4, 0.5) is 0 Å². The number of fused-ring (bicyclic) bond motifs is 1. The van der Waals surface area contributed by atoms with E-state index < -0.39 is 0 Å². The molecule has 0 fully saturated rings. The van der Waals surface area contributed by atoms with Crippen LogP contribution in [-0.4, -0.2) is 36.9 Å². The Labute approximate surface area is 196 Å². The summed E-state index contributed by atoms with van der Waals surface area (Å²) in [5.41, 5.74) is 3.92. The number of ether oxygens (including phenoxy) is 1. The molecule has 172 valence electrons. The summed E-state index contributed by atoms with van der Waals surface area (Å²) in [5, 5.41) is 1.42. The van der Waals surface area contributed by atoms with E-state index in [0.717, 1.165) is 66.9 Å². The minimum Gasteiger partial charge on any atom is -0.492 e. The number of rotatable bonds is 11. The van der Waals surface area contributed by atoms with Gasteiger partial charge in [-0.25, -0.2) is 0 Å². The molecular formula is C27H34ClNO3. The molecular weight excluding hydrogens is 422 g/mol. The molecule has 0 aliphatic heterocycles. The van der Waals surface area contributed by atoms with Crippen molar-refractivity contribution in [3.63, 3.8) is 0 Å². The van der Waals surface area contributed by atoms with Gasteiger partial charge < -0.3 is 14.1 Å². The quantitative estimate of drug-likeness (QED) is 0.292. The summed E-state index contributed by atoms with van der Waals surface area (Å²) in [4.78, 5) is 16.0. The summed E-state index contributed by atoms with van der Waals surface area (Å²) in [6, 6.07) is 9.34. The van der Waals surface area contributed by atoms with Gasteiger partial charge in [-0.3, -0.25) is 4.79 Å². The monoisotopic (exact) mass is 455 g/mol. The first-order valence-electron chi connectivity index (χ1n) is 11.6. The second kappa shape index (κ2) is 11.0. The van der Waals surface area contributed by atoms with Crippen LogP contribution in [0.15, 0.2) is 34.7 Å². The largest absolute Gasteiger partial charge is 0.492 e. The number of nitrogens with zero attached hydrogens (tertiary/aromatic N) is 1. The van der Waals surface area contributed by atoms with Crippen LogP contribution in [0.3, 0.4) is 0 Å². The van der Waals surface area contributed by atoms with E-state index in [1.165, 1.54) is 0 Å². The Balaban J connectivity index is 1.91. The molecule has 0 spiro atoms. The number of carbonyl (C=O) groups excluding carboxylic acids is 1. The van der Waals surface area contributed by atoms with Crippen molar-refractivity contribution in [3.05, 3.63) is 63.4 Å². The Morgan fingerprint density at radius 3 is 2.38 bits per heavy atom. The fraction of sp³-hybridized carbons (Fsp3) is 0.444. The molecule has 0 saturated heterocycles. The second-order valence-corrected chi connectivity index (χ2v) is 8.72. The highest BCUT2D eigenvalue weighted by Crippen LogP contribution is 2.33. The van der Waals surface area contributed by atoms with Crippen molar-refractivity contribution >= 4 is 28.4 Å². The van der Waals surface area contributed by atoms with Gasteiger partial charge in [-0.2, -0.15) is 0 Å². The number of likely N-dealkylation sites (N-methyl/N-ethyl adjacent to an activating group) is 1. The lowest BCUT2D eigenvalue weighted by Gasteiger charge is -2.19. The molecule has 0 amide bonds. The summed E-state index contributed by atoms with van der Waals surface area (Å²) in [5.74, 6) is 1.59. The molecule has 0 aliphatic carbocycles. The van der Waals surface area contributed by atoms with Crippen LogP contribution in [0.1, 0.15) is 66.4 Å². The lowest BCUT2D eigenvalue weighted by Crippen LogP contribution is -2.28. The predicted molar refractivity (Wildman–Crippen MR) is 132 cm³/mol. The van der Waals surface area contributed by atoms with Crippen LogP contribution in [0.25, 0.3) is 11.0 Å². The van der Waals surface area contributed by atoms with E-state index in [9.17, 15) is 4.79 Å². The molecule has 0 saturated carbocycles. The van der Waals surface area contributed by atoms with Crippen molar-refractivity contribution in [1.82, 2.24) is 4.90 Å². The summed E-state index contributed by atoms with van der Waals surface area (Å²) >= 11 is 6.16. The van der Waals surface area contributed by atoms with Crippen molar-refractivity contribution in [2.45, 2.75) is 53.9 Å². The number of benzene rings is 2. The lowest BCUT2D eigenvalue weighted by molar-refractivity contribution is 0.103. The highest BCUT2D eigenvalue weighted by atomic mass is 35.5. The second-order valence-electron chi connectivity index (χ2n) is 8.29. The molecule has 0 aliphatic rings. The van der Waals surface area contributed by atoms with Crippen molar-refractivity contribution in [2.24, 2.45) is 0 Å². The van der Waals surface area contributed by atoms with Gasteiger partial charge in [0.05, 0.1) is 5.56 Å². The molecule has 5 heteroatoms. The predicted octanol–water partition coefficient (Wildman–Crippen LogP) is 7.00. The van der Waals surface area contributed by atoms with Gasteiger partial charge in [0.15, 0.2) is 5.78 Å². The zero-order chi connectivity index (χ0) is 23.3. The van der Waals surface area contributed by atoms with E-state index in [1.54, 1.807) is 6.07 Å². The summed E-state index contributed by atoms with van der Waals surface area (Å²) < 4.78 is 12.2. The third kappa shape index (κ3) is 5.36. The van der Waals surface area contributed by atoms with E-state index in [0.29, 0.717) is 28.3 Å². The van der Waals surface area contributed by atoms with Gasteiger partial charge in [0.1, 0.15) is 23.7 Å². The number of ketones is 1. The number of furan rings is 1. The number of hydrogen-bond donors (Lipinski definition) is 0. The molecule has 4 nitrogen and oxygen atoms in total. The fourth-order valence-electron chi connectivity index (χ4n) is 4.15. The molecule has 0 N–H and O–H groups in total. The van der Waals surface area contributed by atoms with Crippen molar-refractivity contribution in [3.8, 4) is 5.75 Å². The molecule has 0 unspecified atom stereocenters. The maximum atomic E-state index is 13.6. The first-order chi connectivity index (χ1) is 15.4. The summed E-state index contributed by atoms with van der Waals surface area (Å²) in [6.45, 7) is 14.0. The average Bonchev–Trinajstić information content (AvgIpc) is 3.13. The Kier molecular flexibility index (Phi) is 8.38. The van der Waals surface area contributed by atoms with Gasteiger partial charge in [-0.1, -0.05) is 38.8 Å². The van der Waals surface area contributed by atoms with Crippen LogP contribution in [0.2, 0.25) is 5.02 Å². The lowest BCUT2D eigenvalue weighted by atomic mass is 9.95. The standard InChI is InChI=1S/C27H34ClNO3/c1-6-9-10-23-25(22-12-11-21(28)17-24(22)32-23)26(30)20-15-18(4)27(19(5)16-20)31-14-13-29(7-2)8-3/h11-12,15-17H,6-10,13-14H2,1-5H3. The number of unbranched alkanes of at least 4 members (excludes halogenated alkanes) is 1. The van der Waals surface area contributed by atoms with Gasteiger partial charge in [-0.15, -0.1) is 0 Å². The van der Waals surface area contributed by atoms with Gasteiger partial charge in [0.25, 0.3) is 0 Å². The Morgan fingerprint density at radius 2 is 1.75 bits per heavy atom. The molecule has 2 aromatic carbocycles. The van der Waals surface area contributed by atoms with Crippen LogP contribution < -0.4 is 4.74 Å². The molecule has 0 radical (unpaired) electrons. The highest BCUT2D eigenvalue weighted by molar-refractivity contribution is 6.31. The third-order valence-electron chi connectivity index (χ3n) is 5.98. The minimum absolute atomic E-state index is 0.0157. The average molecular weight is 456 g/mol. The number of carbonyl (C=O) groups is 1. The highest BCUT2D eigenvalue weighted by Gasteiger charge is 2.23. The van der Waals surface area contributed by atoms with E-state index in [-0.39, 0.29) is 5.78 Å². The molecule has 0 atom stereocenters. The first kappa shape index (κ1) is 24.3. The van der Waals surface area contributed by atoms with Crippen LogP contribution >= 0.6 is 11.6 Å². The van der Waals surface area contributed by atoms with Crippen molar-refractivity contribution in [1.29, 1.82) is 0 Å². The van der Waals surface area contributed by atoms with E-state index in [1.807, 2.05) is 38.1 Å². The Morgan fingerprint density at radius 1 is 1.06 bits per heavy atom. The molecule has 3 rings (SSSR count). The smallest absolute Gasteiger partial charge is 0.197 e. The minimum atomic E-state index is -0.0157. The third-order valence-corrected chi connectivity index (χ3v) is 6.22. The molecule has 32 heavy (non-hydrogen) atoms.